The highest BCUT2D eigenvalue weighted by atomic mass is 16.5. The average molecular weight is 245 g/mol. The fraction of sp³-hybridized carbons (Fsp3) is 0.500. The molecule has 0 radical (unpaired) electrons. The van der Waals surface area contributed by atoms with Crippen LogP contribution < -0.4 is 5.32 Å². The van der Waals surface area contributed by atoms with E-state index in [4.69, 9.17) is 4.74 Å². The first-order valence-corrected chi connectivity index (χ1v) is 6.94. The Balaban J connectivity index is 2.17. The minimum atomic E-state index is 0.509. The summed E-state index contributed by atoms with van der Waals surface area (Å²) >= 11 is 0. The minimum Gasteiger partial charge on any atom is -0.494 e. The standard InChI is InChI=1S/C16H23NO/c1-4-10-17-16-9-8-13-6-7-14(11-15(13)16)12(3)18-5-2/h6-7,11,16-17H,3-5,8-10H2,1-2H3. The van der Waals surface area contributed by atoms with E-state index in [0.29, 0.717) is 12.6 Å². The van der Waals surface area contributed by atoms with E-state index in [1.54, 1.807) is 0 Å². The van der Waals surface area contributed by atoms with Crippen molar-refractivity contribution in [1.29, 1.82) is 0 Å². The van der Waals surface area contributed by atoms with E-state index < -0.39 is 0 Å². The molecule has 2 nitrogen and oxygen atoms in total. The summed E-state index contributed by atoms with van der Waals surface area (Å²) in [6, 6.07) is 7.10. The molecular formula is C16H23NO. The molecule has 18 heavy (non-hydrogen) atoms. The van der Waals surface area contributed by atoms with Crippen molar-refractivity contribution in [3.63, 3.8) is 0 Å². The molecule has 1 aliphatic carbocycles. The van der Waals surface area contributed by atoms with Crippen LogP contribution in [0.25, 0.3) is 5.76 Å². The van der Waals surface area contributed by atoms with Gasteiger partial charge in [-0.3, -0.25) is 0 Å². The molecule has 0 fully saturated rings. The normalized spacial score (nSPS) is 17.6. The van der Waals surface area contributed by atoms with Crippen LogP contribution in [-0.4, -0.2) is 13.2 Å². The molecule has 1 aromatic rings. The molecule has 98 valence electrons. The van der Waals surface area contributed by atoms with Gasteiger partial charge in [0.05, 0.1) is 6.61 Å². The summed E-state index contributed by atoms with van der Waals surface area (Å²) in [7, 11) is 0. The van der Waals surface area contributed by atoms with Gasteiger partial charge in [0.15, 0.2) is 0 Å². The van der Waals surface area contributed by atoms with Crippen LogP contribution >= 0.6 is 0 Å². The van der Waals surface area contributed by atoms with E-state index in [0.717, 1.165) is 17.9 Å². The predicted molar refractivity (Wildman–Crippen MR) is 76.5 cm³/mol. The Hall–Kier alpha value is -1.28. The van der Waals surface area contributed by atoms with Crippen LogP contribution in [0.15, 0.2) is 24.8 Å². The fourth-order valence-electron chi connectivity index (χ4n) is 2.56. The lowest BCUT2D eigenvalue weighted by molar-refractivity contribution is 0.299. The van der Waals surface area contributed by atoms with Gasteiger partial charge in [-0.05, 0) is 49.9 Å². The van der Waals surface area contributed by atoms with Crippen molar-refractivity contribution in [3.05, 3.63) is 41.5 Å². The Kier molecular flexibility index (Phi) is 4.43. The smallest absolute Gasteiger partial charge is 0.119 e. The van der Waals surface area contributed by atoms with Gasteiger partial charge in [-0.1, -0.05) is 25.6 Å². The lowest BCUT2D eigenvalue weighted by Crippen LogP contribution is -2.19. The minimum absolute atomic E-state index is 0.509. The van der Waals surface area contributed by atoms with Gasteiger partial charge in [0.2, 0.25) is 0 Å². The maximum absolute atomic E-state index is 5.49. The van der Waals surface area contributed by atoms with Gasteiger partial charge < -0.3 is 10.1 Å². The molecule has 0 heterocycles. The van der Waals surface area contributed by atoms with E-state index in [9.17, 15) is 0 Å². The second-order valence-corrected chi connectivity index (χ2v) is 4.82. The van der Waals surface area contributed by atoms with E-state index in [2.05, 4.69) is 37.0 Å². The molecule has 0 bridgehead atoms. The van der Waals surface area contributed by atoms with E-state index in [1.807, 2.05) is 6.92 Å². The first kappa shape index (κ1) is 13.2. The number of fused-ring (bicyclic) bond motifs is 1. The molecule has 0 aliphatic heterocycles. The van der Waals surface area contributed by atoms with Crippen LogP contribution in [0.5, 0.6) is 0 Å². The highest BCUT2D eigenvalue weighted by molar-refractivity contribution is 5.60. The Morgan fingerprint density at radius 3 is 3.00 bits per heavy atom. The fourth-order valence-corrected chi connectivity index (χ4v) is 2.56. The largest absolute Gasteiger partial charge is 0.494 e. The molecule has 0 aromatic heterocycles. The van der Waals surface area contributed by atoms with Crippen LogP contribution in [0.2, 0.25) is 0 Å². The maximum Gasteiger partial charge on any atom is 0.119 e. The molecular weight excluding hydrogens is 222 g/mol. The molecule has 1 aromatic carbocycles. The Morgan fingerprint density at radius 2 is 2.28 bits per heavy atom. The summed E-state index contributed by atoms with van der Waals surface area (Å²) in [6.45, 7) is 9.94. The van der Waals surface area contributed by atoms with Crippen molar-refractivity contribution in [3.8, 4) is 0 Å². The van der Waals surface area contributed by atoms with Crippen LogP contribution in [-0.2, 0) is 11.2 Å². The van der Waals surface area contributed by atoms with E-state index in [1.165, 1.54) is 30.4 Å². The SMILES string of the molecule is C=C(OCC)c1ccc2c(c1)C(NCCC)CC2. The van der Waals surface area contributed by atoms with E-state index >= 15 is 0 Å². The number of benzene rings is 1. The summed E-state index contributed by atoms with van der Waals surface area (Å²) in [5.74, 6) is 0.779. The zero-order chi connectivity index (χ0) is 13.0. The number of rotatable bonds is 6. The highest BCUT2D eigenvalue weighted by Crippen LogP contribution is 2.33. The third-order valence-electron chi connectivity index (χ3n) is 3.50. The summed E-state index contributed by atoms with van der Waals surface area (Å²) in [5, 5.41) is 3.62. The second-order valence-electron chi connectivity index (χ2n) is 4.82. The van der Waals surface area contributed by atoms with Crippen molar-refractivity contribution in [1.82, 2.24) is 5.32 Å². The van der Waals surface area contributed by atoms with Crippen molar-refractivity contribution in [2.45, 2.75) is 39.2 Å². The van der Waals surface area contributed by atoms with Crippen molar-refractivity contribution in [2.75, 3.05) is 13.2 Å². The molecule has 1 atom stereocenters. The predicted octanol–water partition coefficient (Wildman–Crippen LogP) is 3.68. The van der Waals surface area contributed by atoms with Gasteiger partial charge in [0.25, 0.3) is 0 Å². The summed E-state index contributed by atoms with van der Waals surface area (Å²) < 4.78 is 5.49. The molecule has 2 heteroatoms. The molecule has 2 rings (SSSR count). The highest BCUT2D eigenvalue weighted by Gasteiger charge is 2.22. The number of ether oxygens (including phenoxy) is 1. The van der Waals surface area contributed by atoms with E-state index in [-0.39, 0.29) is 0 Å². The van der Waals surface area contributed by atoms with Gasteiger partial charge in [-0.25, -0.2) is 0 Å². The summed E-state index contributed by atoms with van der Waals surface area (Å²) in [4.78, 5) is 0. The van der Waals surface area contributed by atoms with Gasteiger partial charge in [0.1, 0.15) is 5.76 Å². The number of hydrogen-bond acceptors (Lipinski definition) is 2. The number of aryl methyl sites for hydroxylation is 1. The topological polar surface area (TPSA) is 21.3 Å². The van der Waals surface area contributed by atoms with Gasteiger partial charge in [-0.2, -0.15) is 0 Å². The van der Waals surface area contributed by atoms with Crippen LogP contribution in [0.3, 0.4) is 0 Å². The molecule has 0 saturated heterocycles. The van der Waals surface area contributed by atoms with Crippen LogP contribution in [0.4, 0.5) is 0 Å². The average Bonchev–Trinajstić information content (AvgIpc) is 2.79. The number of hydrogen-bond donors (Lipinski definition) is 1. The third kappa shape index (κ3) is 2.75. The zero-order valence-electron chi connectivity index (χ0n) is 11.5. The first-order chi connectivity index (χ1) is 8.76. The van der Waals surface area contributed by atoms with Gasteiger partial charge in [0, 0.05) is 11.6 Å². The summed E-state index contributed by atoms with van der Waals surface area (Å²) in [5.41, 5.74) is 4.01. The lowest BCUT2D eigenvalue weighted by Gasteiger charge is -2.15. The number of nitrogens with one attached hydrogen (secondary N) is 1. The Labute approximate surface area is 110 Å². The Bertz CT molecular complexity index is 425. The molecule has 0 spiro atoms. The monoisotopic (exact) mass is 245 g/mol. The molecule has 0 saturated carbocycles. The first-order valence-electron chi connectivity index (χ1n) is 6.94. The van der Waals surface area contributed by atoms with Crippen LogP contribution in [0.1, 0.15) is 49.4 Å². The maximum atomic E-state index is 5.49. The zero-order valence-corrected chi connectivity index (χ0v) is 11.5. The van der Waals surface area contributed by atoms with Crippen molar-refractivity contribution in [2.24, 2.45) is 0 Å². The third-order valence-corrected chi connectivity index (χ3v) is 3.50. The quantitative estimate of drug-likeness (QED) is 0.772. The Morgan fingerprint density at radius 1 is 1.44 bits per heavy atom. The second kappa shape index (κ2) is 6.05. The van der Waals surface area contributed by atoms with Crippen LogP contribution in [0, 0.1) is 0 Å². The molecule has 1 unspecified atom stereocenters. The van der Waals surface area contributed by atoms with Gasteiger partial charge >= 0.3 is 0 Å². The summed E-state index contributed by atoms with van der Waals surface area (Å²) in [6.07, 6.45) is 3.56. The molecule has 0 amide bonds. The lowest BCUT2D eigenvalue weighted by atomic mass is 10.0. The van der Waals surface area contributed by atoms with Gasteiger partial charge in [-0.15, -0.1) is 0 Å². The van der Waals surface area contributed by atoms with Crippen molar-refractivity contribution >= 4 is 5.76 Å². The molecule has 1 aliphatic rings. The molecule has 1 N–H and O–H groups in total. The van der Waals surface area contributed by atoms with Crippen molar-refractivity contribution < 1.29 is 4.74 Å².